The fourth-order valence-corrected chi connectivity index (χ4v) is 4.60. The lowest BCUT2D eigenvalue weighted by Crippen LogP contribution is -2.24. The fourth-order valence-electron chi connectivity index (χ4n) is 3.80. The zero-order chi connectivity index (χ0) is 26.4. The van der Waals surface area contributed by atoms with Crippen molar-refractivity contribution < 1.29 is 19.0 Å². The van der Waals surface area contributed by atoms with Gasteiger partial charge in [-0.25, -0.2) is 10.4 Å². The lowest BCUT2D eigenvalue weighted by atomic mass is 10.2. The van der Waals surface area contributed by atoms with E-state index < -0.39 is 0 Å². The van der Waals surface area contributed by atoms with Crippen molar-refractivity contribution in [1.29, 1.82) is 0 Å². The van der Waals surface area contributed by atoms with Crippen LogP contribution in [0.25, 0.3) is 16.6 Å². The van der Waals surface area contributed by atoms with Crippen LogP contribution in [0.1, 0.15) is 11.1 Å². The van der Waals surface area contributed by atoms with Crippen LogP contribution in [-0.4, -0.2) is 48.8 Å². The van der Waals surface area contributed by atoms with Gasteiger partial charge in [0.2, 0.25) is 5.75 Å². The number of aryl methyl sites for hydroxylation is 1. The predicted molar refractivity (Wildman–Crippen MR) is 145 cm³/mol. The van der Waals surface area contributed by atoms with Crippen LogP contribution in [0.2, 0.25) is 0 Å². The first-order valence-electron chi connectivity index (χ1n) is 11.3. The molecular formula is C27H26N4O5S. The van der Waals surface area contributed by atoms with Crippen molar-refractivity contribution in [3.05, 3.63) is 82.1 Å². The minimum Gasteiger partial charge on any atom is -0.493 e. The molecule has 0 radical (unpaired) electrons. The van der Waals surface area contributed by atoms with E-state index in [1.165, 1.54) is 27.5 Å². The first kappa shape index (κ1) is 25.8. The van der Waals surface area contributed by atoms with E-state index in [1.54, 1.807) is 34.9 Å². The molecule has 0 fully saturated rings. The van der Waals surface area contributed by atoms with E-state index in [1.807, 2.05) is 37.3 Å². The number of thioether (sulfide) groups is 1. The lowest BCUT2D eigenvalue weighted by Gasteiger charge is -2.15. The zero-order valence-electron chi connectivity index (χ0n) is 20.8. The molecule has 0 saturated carbocycles. The predicted octanol–water partition coefficient (Wildman–Crippen LogP) is 3.96. The number of aromatic nitrogens is 2. The molecule has 0 unspecified atom stereocenters. The van der Waals surface area contributed by atoms with Gasteiger partial charge in [-0.2, -0.15) is 5.10 Å². The smallest absolute Gasteiger partial charge is 0.266 e. The number of nitrogens with one attached hydrogen (secondary N) is 1. The number of benzene rings is 3. The van der Waals surface area contributed by atoms with Crippen molar-refractivity contribution in [2.75, 3.05) is 27.1 Å². The molecular weight excluding hydrogens is 492 g/mol. The van der Waals surface area contributed by atoms with Crippen LogP contribution in [0, 0.1) is 6.92 Å². The summed E-state index contributed by atoms with van der Waals surface area (Å²) in [6.45, 7) is 1.93. The summed E-state index contributed by atoms with van der Waals surface area (Å²) < 4.78 is 17.6. The Labute approximate surface area is 218 Å². The number of ether oxygens (including phenoxy) is 3. The summed E-state index contributed by atoms with van der Waals surface area (Å²) in [6, 6.07) is 18.2. The minimum atomic E-state index is -0.362. The molecule has 9 nitrogen and oxygen atoms in total. The molecule has 0 spiro atoms. The summed E-state index contributed by atoms with van der Waals surface area (Å²) in [5, 5.41) is 4.98. The number of hydrogen-bond donors (Lipinski definition) is 1. The Morgan fingerprint density at radius 1 is 1.00 bits per heavy atom. The van der Waals surface area contributed by atoms with Gasteiger partial charge in [0, 0.05) is 5.56 Å². The standard InChI is InChI=1S/C27H26N4O5S/c1-17-9-5-8-12-21(17)31-26(33)19-10-6-7-11-20(19)29-27(31)37-16-23(32)30-28-15-18-13-14-22(34-2)25(36-4)24(18)35-3/h5-15H,16H2,1-4H3,(H,30,32)/b28-15+. The summed E-state index contributed by atoms with van der Waals surface area (Å²) in [7, 11) is 4.55. The van der Waals surface area contributed by atoms with Crippen molar-refractivity contribution in [2.24, 2.45) is 5.10 Å². The highest BCUT2D eigenvalue weighted by atomic mass is 32.2. The first-order chi connectivity index (χ1) is 18.0. The van der Waals surface area contributed by atoms with Gasteiger partial charge >= 0.3 is 0 Å². The van der Waals surface area contributed by atoms with Crippen LogP contribution in [-0.2, 0) is 4.79 Å². The Morgan fingerprint density at radius 3 is 2.46 bits per heavy atom. The summed E-state index contributed by atoms with van der Waals surface area (Å²) in [4.78, 5) is 30.7. The van der Waals surface area contributed by atoms with Crippen LogP contribution in [0.3, 0.4) is 0 Å². The van der Waals surface area contributed by atoms with Gasteiger partial charge in [-0.05, 0) is 42.8 Å². The number of fused-ring (bicyclic) bond motifs is 1. The second kappa shape index (κ2) is 11.6. The van der Waals surface area contributed by atoms with Crippen molar-refractivity contribution in [2.45, 2.75) is 12.1 Å². The van der Waals surface area contributed by atoms with Crippen LogP contribution in [0.4, 0.5) is 0 Å². The van der Waals surface area contributed by atoms with Gasteiger partial charge in [-0.3, -0.25) is 14.2 Å². The average molecular weight is 519 g/mol. The van der Waals surface area contributed by atoms with Gasteiger partial charge in [0.25, 0.3) is 11.5 Å². The maximum atomic E-state index is 13.4. The second-order valence-electron chi connectivity index (χ2n) is 7.84. The molecule has 0 aliphatic carbocycles. The van der Waals surface area contributed by atoms with E-state index in [-0.39, 0.29) is 17.2 Å². The number of hydrazone groups is 1. The topological polar surface area (TPSA) is 104 Å². The van der Waals surface area contributed by atoms with Crippen molar-refractivity contribution in [3.63, 3.8) is 0 Å². The first-order valence-corrected chi connectivity index (χ1v) is 12.3. The lowest BCUT2D eigenvalue weighted by molar-refractivity contribution is -0.118. The Kier molecular flexibility index (Phi) is 8.09. The van der Waals surface area contributed by atoms with Gasteiger partial charge in [-0.1, -0.05) is 42.1 Å². The van der Waals surface area contributed by atoms with Crippen LogP contribution < -0.4 is 25.2 Å². The maximum absolute atomic E-state index is 13.4. The third-order valence-corrected chi connectivity index (χ3v) is 6.50. The molecule has 3 aromatic carbocycles. The molecule has 1 aromatic heterocycles. The molecule has 10 heteroatoms. The highest BCUT2D eigenvalue weighted by molar-refractivity contribution is 7.99. The molecule has 190 valence electrons. The molecule has 0 saturated heterocycles. The number of carbonyl (C=O) groups is 1. The second-order valence-corrected chi connectivity index (χ2v) is 8.79. The van der Waals surface area contributed by atoms with Crippen LogP contribution in [0.5, 0.6) is 17.2 Å². The summed E-state index contributed by atoms with van der Waals surface area (Å²) >= 11 is 1.16. The summed E-state index contributed by atoms with van der Waals surface area (Å²) in [5.41, 5.74) is 5.11. The SMILES string of the molecule is COc1ccc(/C=N/NC(=O)CSc2nc3ccccc3c(=O)n2-c2ccccc2C)c(OC)c1OC. The highest BCUT2D eigenvalue weighted by Crippen LogP contribution is 2.39. The molecule has 0 atom stereocenters. The third-order valence-electron chi connectivity index (χ3n) is 5.56. The van der Waals surface area contributed by atoms with Crippen LogP contribution >= 0.6 is 11.8 Å². The molecule has 1 N–H and O–H groups in total. The Morgan fingerprint density at radius 2 is 1.73 bits per heavy atom. The quantitative estimate of drug-likeness (QED) is 0.155. The number of hydrogen-bond acceptors (Lipinski definition) is 8. The highest BCUT2D eigenvalue weighted by Gasteiger charge is 2.17. The Balaban J connectivity index is 1.56. The fraction of sp³-hybridized carbons (Fsp3) is 0.185. The van der Waals surface area contributed by atoms with Crippen molar-refractivity contribution >= 4 is 34.8 Å². The summed E-state index contributed by atoms with van der Waals surface area (Å²) in [6.07, 6.45) is 1.46. The minimum absolute atomic E-state index is 0.00291. The molecule has 1 heterocycles. The number of amides is 1. The molecule has 0 bridgehead atoms. The molecule has 0 aliphatic heterocycles. The maximum Gasteiger partial charge on any atom is 0.266 e. The molecule has 37 heavy (non-hydrogen) atoms. The number of para-hydroxylation sites is 2. The van der Waals surface area contributed by atoms with Crippen LogP contribution in [0.15, 0.2) is 75.7 Å². The van der Waals surface area contributed by atoms with E-state index in [4.69, 9.17) is 14.2 Å². The molecule has 4 rings (SSSR count). The Hall–Kier alpha value is -4.31. The van der Waals surface area contributed by atoms with E-state index in [2.05, 4.69) is 15.5 Å². The molecule has 4 aromatic rings. The van der Waals surface area contributed by atoms with Crippen molar-refractivity contribution in [1.82, 2.24) is 15.0 Å². The van der Waals surface area contributed by atoms with Gasteiger partial charge in [0.1, 0.15) is 0 Å². The van der Waals surface area contributed by atoms with Gasteiger partial charge in [0.15, 0.2) is 16.7 Å². The number of methoxy groups -OCH3 is 3. The van der Waals surface area contributed by atoms with Crippen molar-refractivity contribution in [3.8, 4) is 22.9 Å². The number of rotatable bonds is 9. The normalized spacial score (nSPS) is 11.0. The largest absolute Gasteiger partial charge is 0.493 e. The van der Waals surface area contributed by atoms with E-state index in [9.17, 15) is 9.59 Å². The average Bonchev–Trinajstić information content (AvgIpc) is 2.92. The molecule has 1 amide bonds. The summed E-state index contributed by atoms with van der Waals surface area (Å²) in [5.74, 6) is 1.00. The number of carbonyl (C=O) groups excluding carboxylic acids is 1. The zero-order valence-corrected chi connectivity index (χ0v) is 21.7. The monoisotopic (exact) mass is 518 g/mol. The van der Waals surface area contributed by atoms with E-state index in [0.717, 1.165) is 17.3 Å². The molecule has 0 aliphatic rings. The van der Waals surface area contributed by atoms with Gasteiger partial charge in [-0.15, -0.1) is 0 Å². The van der Waals surface area contributed by atoms with E-state index in [0.29, 0.717) is 44.6 Å². The Bertz CT molecular complexity index is 1530. The van der Waals surface area contributed by atoms with E-state index >= 15 is 0 Å². The third kappa shape index (κ3) is 5.44. The van der Waals surface area contributed by atoms with Gasteiger partial charge < -0.3 is 14.2 Å². The number of nitrogens with zero attached hydrogens (tertiary/aromatic N) is 3. The van der Waals surface area contributed by atoms with Gasteiger partial charge in [0.05, 0.1) is 49.9 Å².